The Kier molecular flexibility index (Phi) is 3.86. The Morgan fingerprint density at radius 1 is 1.47 bits per heavy atom. The van der Waals surface area contributed by atoms with Gasteiger partial charge in [-0.25, -0.2) is 4.98 Å². The summed E-state index contributed by atoms with van der Waals surface area (Å²) in [5.41, 5.74) is 8.49. The van der Waals surface area contributed by atoms with E-state index in [-0.39, 0.29) is 6.04 Å². The van der Waals surface area contributed by atoms with E-state index in [2.05, 4.69) is 29.0 Å². The first-order valence-electron chi connectivity index (χ1n) is 5.62. The molecule has 1 atom stereocenters. The molecule has 1 unspecified atom stereocenters. The van der Waals surface area contributed by atoms with Crippen molar-refractivity contribution in [3.8, 4) is 11.5 Å². The van der Waals surface area contributed by atoms with Crippen LogP contribution in [0.5, 0.6) is 0 Å². The highest BCUT2D eigenvalue weighted by molar-refractivity contribution is 7.07. The summed E-state index contributed by atoms with van der Waals surface area (Å²) in [5.74, 6) is 1.70. The van der Waals surface area contributed by atoms with Gasteiger partial charge in [0.15, 0.2) is 0 Å². The van der Waals surface area contributed by atoms with E-state index in [0.29, 0.717) is 24.1 Å². The molecule has 5 nitrogen and oxygen atoms in total. The lowest BCUT2D eigenvalue weighted by atomic mass is 10.0. The normalized spacial score (nSPS) is 13.2. The van der Waals surface area contributed by atoms with Crippen molar-refractivity contribution in [1.29, 1.82) is 0 Å². The van der Waals surface area contributed by atoms with Crippen molar-refractivity contribution >= 4 is 11.3 Å². The average molecular weight is 252 g/mol. The zero-order valence-electron chi connectivity index (χ0n) is 9.96. The summed E-state index contributed by atoms with van der Waals surface area (Å²) in [5, 5.41) is 5.78. The zero-order chi connectivity index (χ0) is 12.3. The Bertz CT molecular complexity index is 452. The van der Waals surface area contributed by atoms with E-state index >= 15 is 0 Å². The van der Waals surface area contributed by atoms with Crippen molar-refractivity contribution in [2.24, 2.45) is 11.7 Å². The first kappa shape index (κ1) is 12.2. The highest BCUT2D eigenvalue weighted by atomic mass is 32.1. The number of nitrogens with two attached hydrogens (primary N) is 1. The van der Waals surface area contributed by atoms with Crippen LogP contribution in [0.25, 0.3) is 11.5 Å². The van der Waals surface area contributed by atoms with Crippen LogP contribution in [0.2, 0.25) is 0 Å². The third kappa shape index (κ3) is 3.34. The van der Waals surface area contributed by atoms with Gasteiger partial charge in [-0.05, 0) is 12.3 Å². The molecule has 2 aromatic heterocycles. The maximum atomic E-state index is 5.99. The molecule has 0 saturated heterocycles. The monoisotopic (exact) mass is 252 g/mol. The van der Waals surface area contributed by atoms with E-state index in [9.17, 15) is 0 Å². The summed E-state index contributed by atoms with van der Waals surface area (Å²) in [7, 11) is 0. The van der Waals surface area contributed by atoms with Gasteiger partial charge in [0.1, 0.15) is 5.69 Å². The van der Waals surface area contributed by atoms with E-state index in [1.165, 1.54) is 11.3 Å². The van der Waals surface area contributed by atoms with Crippen molar-refractivity contribution in [3.63, 3.8) is 0 Å². The Morgan fingerprint density at radius 3 is 2.94 bits per heavy atom. The molecular formula is C11H16N4OS. The number of rotatable bonds is 5. The average Bonchev–Trinajstić information content (AvgIpc) is 2.84. The third-order valence-electron chi connectivity index (χ3n) is 2.34. The molecule has 0 radical (unpaired) electrons. The minimum absolute atomic E-state index is 0.0683. The van der Waals surface area contributed by atoms with Crippen LogP contribution >= 0.6 is 11.3 Å². The van der Waals surface area contributed by atoms with Gasteiger partial charge in [0, 0.05) is 17.8 Å². The summed E-state index contributed by atoms with van der Waals surface area (Å²) in [4.78, 5) is 8.42. The van der Waals surface area contributed by atoms with Crippen LogP contribution in [-0.4, -0.2) is 21.2 Å². The molecule has 0 saturated carbocycles. The van der Waals surface area contributed by atoms with Crippen LogP contribution in [0.3, 0.4) is 0 Å². The van der Waals surface area contributed by atoms with Gasteiger partial charge in [0.25, 0.3) is 0 Å². The van der Waals surface area contributed by atoms with Gasteiger partial charge in [-0.3, -0.25) is 0 Å². The van der Waals surface area contributed by atoms with E-state index in [1.54, 1.807) is 5.51 Å². The fraction of sp³-hybridized carbons (Fsp3) is 0.545. The molecule has 2 N–H and O–H groups in total. The van der Waals surface area contributed by atoms with Crippen LogP contribution in [-0.2, 0) is 6.42 Å². The minimum atomic E-state index is 0.0683. The molecule has 6 heteroatoms. The number of thiazole rings is 1. The molecule has 2 aromatic rings. The van der Waals surface area contributed by atoms with Crippen molar-refractivity contribution < 1.29 is 4.52 Å². The van der Waals surface area contributed by atoms with Gasteiger partial charge in [-0.2, -0.15) is 4.98 Å². The first-order valence-corrected chi connectivity index (χ1v) is 6.56. The summed E-state index contributed by atoms with van der Waals surface area (Å²) >= 11 is 1.51. The van der Waals surface area contributed by atoms with Crippen molar-refractivity contribution in [2.45, 2.75) is 32.7 Å². The van der Waals surface area contributed by atoms with Gasteiger partial charge in [-0.1, -0.05) is 19.0 Å². The van der Waals surface area contributed by atoms with Gasteiger partial charge >= 0.3 is 0 Å². The van der Waals surface area contributed by atoms with Crippen LogP contribution in [0, 0.1) is 5.92 Å². The lowest BCUT2D eigenvalue weighted by Crippen LogP contribution is -2.24. The molecule has 0 spiro atoms. The Labute approximate surface area is 104 Å². The highest BCUT2D eigenvalue weighted by Crippen LogP contribution is 2.16. The zero-order valence-corrected chi connectivity index (χ0v) is 10.8. The largest absolute Gasteiger partial charge is 0.339 e. The molecule has 0 aromatic carbocycles. The van der Waals surface area contributed by atoms with Crippen LogP contribution in [0.4, 0.5) is 0 Å². The third-order valence-corrected chi connectivity index (χ3v) is 2.93. The Morgan fingerprint density at radius 2 is 2.29 bits per heavy atom. The molecule has 17 heavy (non-hydrogen) atoms. The van der Waals surface area contributed by atoms with E-state index < -0.39 is 0 Å². The number of hydrogen-bond acceptors (Lipinski definition) is 6. The van der Waals surface area contributed by atoms with Crippen LogP contribution in [0.15, 0.2) is 15.4 Å². The molecule has 0 fully saturated rings. The smallest absolute Gasteiger partial charge is 0.228 e. The second-order valence-electron chi connectivity index (χ2n) is 4.48. The molecule has 0 aliphatic heterocycles. The van der Waals surface area contributed by atoms with Gasteiger partial charge in [0.05, 0.1) is 5.51 Å². The molecule has 2 heterocycles. The molecule has 0 amide bonds. The van der Waals surface area contributed by atoms with Gasteiger partial charge in [-0.15, -0.1) is 11.3 Å². The maximum absolute atomic E-state index is 5.99. The van der Waals surface area contributed by atoms with Crippen LogP contribution in [0.1, 0.15) is 26.2 Å². The van der Waals surface area contributed by atoms with E-state index in [4.69, 9.17) is 10.3 Å². The predicted molar refractivity (Wildman–Crippen MR) is 66.5 cm³/mol. The summed E-state index contributed by atoms with van der Waals surface area (Å²) in [6, 6.07) is 0.0683. The summed E-state index contributed by atoms with van der Waals surface area (Å²) in [6.07, 6.45) is 1.57. The second kappa shape index (κ2) is 5.37. The first-order chi connectivity index (χ1) is 8.15. The lowest BCUT2D eigenvalue weighted by molar-refractivity contribution is 0.359. The fourth-order valence-corrected chi connectivity index (χ4v) is 2.21. The predicted octanol–water partition coefficient (Wildman–Crippen LogP) is 2.11. The lowest BCUT2D eigenvalue weighted by Gasteiger charge is -2.10. The topological polar surface area (TPSA) is 77.8 Å². The number of nitrogens with zero attached hydrogens (tertiary/aromatic N) is 3. The molecule has 0 bridgehead atoms. The molecule has 2 rings (SSSR count). The van der Waals surface area contributed by atoms with Crippen molar-refractivity contribution in [3.05, 3.63) is 16.8 Å². The second-order valence-corrected chi connectivity index (χ2v) is 5.20. The molecule has 0 aliphatic carbocycles. The maximum Gasteiger partial charge on any atom is 0.228 e. The molecular weight excluding hydrogens is 236 g/mol. The van der Waals surface area contributed by atoms with Gasteiger partial charge < -0.3 is 10.3 Å². The fourth-order valence-electron chi connectivity index (χ4n) is 1.68. The van der Waals surface area contributed by atoms with E-state index in [0.717, 1.165) is 12.1 Å². The standard InChI is InChI=1S/C11H16N4OS/c1-7(2)3-8(12)4-10-14-11(15-16-10)9-5-17-6-13-9/h5-8H,3-4,12H2,1-2H3. The summed E-state index contributed by atoms with van der Waals surface area (Å²) < 4.78 is 5.16. The summed E-state index contributed by atoms with van der Waals surface area (Å²) in [6.45, 7) is 4.29. The number of aromatic nitrogens is 3. The van der Waals surface area contributed by atoms with Crippen LogP contribution < -0.4 is 5.73 Å². The quantitative estimate of drug-likeness (QED) is 0.881. The molecule has 92 valence electrons. The van der Waals surface area contributed by atoms with Crippen molar-refractivity contribution in [1.82, 2.24) is 15.1 Å². The SMILES string of the molecule is CC(C)CC(N)Cc1nc(-c2cscn2)no1. The van der Waals surface area contributed by atoms with E-state index in [1.807, 2.05) is 5.38 Å². The van der Waals surface area contributed by atoms with Gasteiger partial charge in [0.2, 0.25) is 11.7 Å². The Balaban J connectivity index is 1.99. The highest BCUT2D eigenvalue weighted by Gasteiger charge is 2.14. The minimum Gasteiger partial charge on any atom is -0.339 e. The van der Waals surface area contributed by atoms with Crippen molar-refractivity contribution in [2.75, 3.05) is 0 Å². The molecule has 0 aliphatic rings. The Hall–Kier alpha value is -1.27. The number of hydrogen-bond donors (Lipinski definition) is 1.